The van der Waals surface area contributed by atoms with Gasteiger partial charge in [0.2, 0.25) is 0 Å². The van der Waals surface area contributed by atoms with Gasteiger partial charge in [-0.1, -0.05) is 20.8 Å². The minimum atomic E-state index is 0.193. The van der Waals surface area contributed by atoms with Gasteiger partial charge in [0, 0.05) is 23.9 Å². The van der Waals surface area contributed by atoms with Gasteiger partial charge in [-0.25, -0.2) is 9.50 Å². The third kappa shape index (κ3) is 2.51. The fraction of sp³-hybridized carbons (Fsp3) is 0.615. The maximum Gasteiger partial charge on any atom is 0.252 e. The molecule has 0 saturated heterocycles. The van der Waals surface area contributed by atoms with E-state index in [9.17, 15) is 0 Å². The maximum atomic E-state index is 4.36. The maximum absolute atomic E-state index is 4.36. The summed E-state index contributed by atoms with van der Waals surface area (Å²) < 4.78 is 1.82. The average Bonchev–Trinajstić information content (AvgIpc) is 2.71. The molecule has 18 heavy (non-hydrogen) atoms. The average molecular weight is 247 g/mol. The van der Waals surface area contributed by atoms with Gasteiger partial charge in [0.25, 0.3) is 5.78 Å². The van der Waals surface area contributed by atoms with Crippen molar-refractivity contribution in [2.75, 3.05) is 7.05 Å². The van der Waals surface area contributed by atoms with Crippen molar-refractivity contribution in [1.29, 1.82) is 0 Å². The van der Waals surface area contributed by atoms with Crippen molar-refractivity contribution < 1.29 is 0 Å². The van der Waals surface area contributed by atoms with E-state index >= 15 is 0 Å². The number of hydrogen-bond donors (Lipinski definition) is 1. The fourth-order valence-electron chi connectivity index (χ4n) is 2.20. The monoisotopic (exact) mass is 247 g/mol. The van der Waals surface area contributed by atoms with Crippen LogP contribution in [-0.4, -0.2) is 32.7 Å². The zero-order valence-electron chi connectivity index (χ0n) is 11.7. The summed E-state index contributed by atoms with van der Waals surface area (Å²) >= 11 is 0. The number of hydrogen-bond acceptors (Lipinski definition) is 4. The first kappa shape index (κ1) is 13.0. The highest BCUT2D eigenvalue weighted by Gasteiger charge is 2.24. The molecule has 0 amide bonds. The number of likely N-dealkylation sites (N-methyl/N-ethyl adjacent to an activating group) is 1. The van der Waals surface area contributed by atoms with Crippen LogP contribution >= 0.6 is 0 Å². The molecular weight excluding hydrogens is 226 g/mol. The Hall–Kier alpha value is -1.49. The minimum Gasteiger partial charge on any atom is -0.316 e. The van der Waals surface area contributed by atoms with Crippen LogP contribution in [0.3, 0.4) is 0 Å². The Morgan fingerprint density at radius 3 is 2.72 bits per heavy atom. The Balaban J connectivity index is 2.39. The third-order valence-electron chi connectivity index (χ3n) is 3.26. The summed E-state index contributed by atoms with van der Waals surface area (Å²) in [5.74, 6) is 0.675. The summed E-state index contributed by atoms with van der Waals surface area (Å²) in [5.41, 5.74) is 2.32. The Labute approximate surface area is 108 Å². The molecule has 0 bridgehead atoms. The fourth-order valence-corrected chi connectivity index (χ4v) is 2.20. The predicted octanol–water partition coefficient (Wildman–Crippen LogP) is 1.61. The van der Waals surface area contributed by atoms with Crippen LogP contribution in [0.15, 0.2) is 12.4 Å². The van der Waals surface area contributed by atoms with Crippen LogP contribution in [0.5, 0.6) is 0 Å². The Kier molecular flexibility index (Phi) is 3.34. The first-order chi connectivity index (χ1) is 8.41. The first-order valence-electron chi connectivity index (χ1n) is 6.25. The van der Waals surface area contributed by atoms with Crippen molar-refractivity contribution in [2.24, 2.45) is 5.41 Å². The van der Waals surface area contributed by atoms with E-state index in [1.54, 1.807) is 6.33 Å². The first-order valence-corrected chi connectivity index (χ1v) is 6.25. The van der Waals surface area contributed by atoms with Crippen LogP contribution in [0.2, 0.25) is 0 Å². The van der Waals surface area contributed by atoms with E-state index < -0.39 is 0 Å². The highest BCUT2D eigenvalue weighted by Crippen LogP contribution is 2.22. The van der Waals surface area contributed by atoms with Crippen molar-refractivity contribution in [3.8, 4) is 0 Å². The van der Waals surface area contributed by atoms with Gasteiger partial charge < -0.3 is 5.32 Å². The molecule has 0 radical (unpaired) electrons. The van der Waals surface area contributed by atoms with E-state index in [4.69, 9.17) is 0 Å². The smallest absolute Gasteiger partial charge is 0.252 e. The number of rotatable bonds is 3. The second kappa shape index (κ2) is 4.65. The zero-order valence-corrected chi connectivity index (χ0v) is 11.7. The number of fused-ring (bicyclic) bond motifs is 1. The molecule has 98 valence electrons. The number of aryl methyl sites for hydroxylation is 1. The largest absolute Gasteiger partial charge is 0.316 e. The third-order valence-corrected chi connectivity index (χ3v) is 3.26. The van der Waals surface area contributed by atoms with Crippen molar-refractivity contribution >= 4 is 5.78 Å². The summed E-state index contributed by atoms with van der Waals surface area (Å²) in [6.07, 6.45) is 2.46. The molecule has 0 saturated carbocycles. The van der Waals surface area contributed by atoms with Crippen LogP contribution in [-0.2, 0) is 6.42 Å². The molecule has 0 spiro atoms. The van der Waals surface area contributed by atoms with Crippen LogP contribution in [0, 0.1) is 12.3 Å². The molecule has 1 atom stereocenters. The molecule has 0 aromatic carbocycles. The summed E-state index contributed by atoms with van der Waals surface area (Å²) in [4.78, 5) is 8.52. The van der Waals surface area contributed by atoms with Gasteiger partial charge in [-0.2, -0.15) is 10.1 Å². The number of nitrogens with zero attached hydrogens (tertiary/aromatic N) is 4. The SMILES string of the molecule is CNC(Cc1cc(C)nc2ncnn12)C(C)(C)C. The normalized spacial score (nSPS) is 14.1. The van der Waals surface area contributed by atoms with Gasteiger partial charge in [-0.15, -0.1) is 0 Å². The van der Waals surface area contributed by atoms with Crippen LogP contribution in [0.25, 0.3) is 5.78 Å². The lowest BCUT2D eigenvalue weighted by Gasteiger charge is -2.30. The Morgan fingerprint density at radius 1 is 1.39 bits per heavy atom. The minimum absolute atomic E-state index is 0.193. The summed E-state index contributed by atoms with van der Waals surface area (Å²) in [5, 5.41) is 7.63. The second-order valence-electron chi connectivity index (χ2n) is 5.77. The Bertz CT molecular complexity index is 538. The summed E-state index contributed by atoms with van der Waals surface area (Å²) in [7, 11) is 2.00. The molecule has 1 N–H and O–H groups in total. The Morgan fingerprint density at radius 2 is 2.11 bits per heavy atom. The van der Waals surface area contributed by atoms with Crippen LogP contribution in [0.4, 0.5) is 0 Å². The molecule has 0 aliphatic rings. The molecular formula is C13H21N5. The highest BCUT2D eigenvalue weighted by molar-refractivity contribution is 5.30. The highest BCUT2D eigenvalue weighted by atomic mass is 15.3. The van der Waals surface area contributed by atoms with E-state index in [2.05, 4.69) is 47.2 Å². The van der Waals surface area contributed by atoms with E-state index in [1.165, 1.54) is 0 Å². The van der Waals surface area contributed by atoms with E-state index in [-0.39, 0.29) is 5.41 Å². The van der Waals surface area contributed by atoms with Crippen molar-refractivity contribution in [2.45, 2.75) is 40.2 Å². The molecule has 5 heteroatoms. The molecule has 5 nitrogen and oxygen atoms in total. The summed E-state index contributed by atoms with van der Waals surface area (Å²) in [6.45, 7) is 8.70. The van der Waals surface area contributed by atoms with Crippen molar-refractivity contribution in [1.82, 2.24) is 24.9 Å². The molecule has 2 aromatic rings. The number of nitrogens with one attached hydrogen (secondary N) is 1. The van der Waals surface area contributed by atoms with Gasteiger partial charge in [-0.05, 0) is 25.5 Å². The molecule has 0 aliphatic heterocycles. The lowest BCUT2D eigenvalue weighted by atomic mass is 9.84. The topological polar surface area (TPSA) is 55.1 Å². The predicted molar refractivity (Wildman–Crippen MR) is 71.5 cm³/mol. The van der Waals surface area contributed by atoms with Gasteiger partial charge >= 0.3 is 0 Å². The van der Waals surface area contributed by atoms with Crippen molar-refractivity contribution in [3.63, 3.8) is 0 Å². The molecule has 2 aromatic heterocycles. The lowest BCUT2D eigenvalue weighted by molar-refractivity contribution is 0.277. The standard InChI is InChI=1S/C13H21N5/c1-9-6-10(7-11(14-5)13(2,3)4)18-12(17-9)15-8-16-18/h6,8,11,14H,7H2,1-5H3. The second-order valence-corrected chi connectivity index (χ2v) is 5.77. The van der Waals surface area contributed by atoms with Crippen molar-refractivity contribution in [3.05, 3.63) is 23.8 Å². The molecule has 0 aliphatic carbocycles. The van der Waals surface area contributed by atoms with Gasteiger partial charge in [0.15, 0.2) is 0 Å². The molecule has 2 rings (SSSR count). The molecule has 2 heterocycles. The molecule has 1 unspecified atom stereocenters. The van der Waals surface area contributed by atoms with Crippen LogP contribution in [0.1, 0.15) is 32.2 Å². The van der Waals surface area contributed by atoms with E-state index in [1.807, 2.05) is 18.5 Å². The zero-order chi connectivity index (χ0) is 13.3. The van der Waals surface area contributed by atoms with E-state index in [0.717, 1.165) is 17.8 Å². The quantitative estimate of drug-likeness (QED) is 0.895. The van der Waals surface area contributed by atoms with Crippen LogP contribution < -0.4 is 5.32 Å². The van der Waals surface area contributed by atoms with Gasteiger partial charge in [0.1, 0.15) is 6.33 Å². The number of aromatic nitrogens is 4. The van der Waals surface area contributed by atoms with Gasteiger partial charge in [0.05, 0.1) is 0 Å². The van der Waals surface area contributed by atoms with E-state index in [0.29, 0.717) is 11.8 Å². The lowest BCUT2D eigenvalue weighted by Crippen LogP contribution is -2.40. The molecule has 0 fully saturated rings. The summed E-state index contributed by atoms with van der Waals surface area (Å²) in [6, 6.07) is 2.46. The van der Waals surface area contributed by atoms with Gasteiger partial charge in [-0.3, -0.25) is 0 Å².